The molecule has 2 N–H and O–H groups in total. The van der Waals surface area contributed by atoms with Crippen LogP contribution in [0.2, 0.25) is 0 Å². The molecule has 0 atom stereocenters. The highest BCUT2D eigenvalue weighted by Crippen LogP contribution is 2.14. The van der Waals surface area contributed by atoms with Crippen LogP contribution in [0.5, 0.6) is 0 Å². The maximum absolute atomic E-state index is 11.8. The predicted molar refractivity (Wildman–Crippen MR) is 53.8 cm³/mol. The second-order valence-electron chi connectivity index (χ2n) is 3.51. The lowest BCUT2D eigenvalue weighted by Gasteiger charge is -2.21. The van der Waals surface area contributed by atoms with Crippen molar-refractivity contribution in [2.75, 3.05) is 13.2 Å². The summed E-state index contributed by atoms with van der Waals surface area (Å²) in [6.45, 7) is 1.05. The Labute approximate surface area is 92.8 Å². The highest BCUT2D eigenvalue weighted by Gasteiger charge is 2.27. The SMILES string of the molecule is O=S(=O)(NCc1nn[nH]n1)C1CCOCC1. The maximum atomic E-state index is 11.8. The minimum Gasteiger partial charge on any atom is -0.381 e. The molecule has 9 heteroatoms. The van der Waals surface area contributed by atoms with Crippen LogP contribution >= 0.6 is 0 Å². The first kappa shape index (κ1) is 11.4. The third kappa shape index (κ3) is 2.74. The van der Waals surface area contributed by atoms with Crippen LogP contribution in [-0.2, 0) is 21.3 Å². The Morgan fingerprint density at radius 1 is 1.44 bits per heavy atom. The molecule has 2 heterocycles. The molecule has 0 saturated carbocycles. The van der Waals surface area contributed by atoms with Crippen molar-refractivity contribution in [3.63, 3.8) is 0 Å². The largest absolute Gasteiger partial charge is 0.381 e. The molecule has 0 aromatic carbocycles. The number of tetrazole rings is 1. The summed E-state index contributed by atoms with van der Waals surface area (Å²) < 4.78 is 31.2. The monoisotopic (exact) mass is 247 g/mol. The van der Waals surface area contributed by atoms with E-state index in [1.54, 1.807) is 0 Å². The average molecular weight is 247 g/mol. The van der Waals surface area contributed by atoms with Gasteiger partial charge in [-0.1, -0.05) is 5.21 Å². The molecule has 2 rings (SSSR count). The van der Waals surface area contributed by atoms with Crippen molar-refractivity contribution in [2.24, 2.45) is 0 Å². The van der Waals surface area contributed by atoms with Gasteiger partial charge in [0, 0.05) is 13.2 Å². The lowest BCUT2D eigenvalue weighted by atomic mass is 10.2. The number of sulfonamides is 1. The normalized spacial score (nSPS) is 18.8. The molecule has 1 aromatic rings. The summed E-state index contributed by atoms with van der Waals surface area (Å²) in [6.07, 6.45) is 1.06. The highest BCUT2D eigenvalue weighted by molar-refractivity contribution is 7.90. The van der Waals surface area contributed by atoms with Gasteiger partial charge in [-0.05, 0) is 12.8 Å². The summed E-state index contributed by atoms with van der Waals surface area (Å²) in [5.41, 5.74) is 0. The zero-order valence-corrected chi connectivity index (χ0v) is 9.40. The zero-order chi connectivity index (χ0) is 11.4. The number of aromatic nitrogens is 4. The standard InChI is InChI=1S/C7H13N5O3S/c13-16(14,6-1-3-15-4-2-6)8-5-7-9-11-12-10-7/h6,8H,1-5H2,(H,9,10,11,12). The molecule has 0 aliphatic carbocycles. The second kappa shape index (κ2) is 4.85. The van der Waals surface area contributed by atoms with Crippen LogP contribution in [0.25, 0.3) is 0 Å². The minimum atomic E-state index is -3.31. The van der Waals surface area contributed by atoms with E-state index in [-0.39, 0.29) is 11.8 Å². The molecule has 0 unspecified atom stereocenters. The number of H-pyrrole nitrogens is 1. The Balaban J connectivity index is 1.91. The van der Waals surface area contributed by atoms with Gasteiger partial charge in [0.15, 0.2) is 5.82 Å². The van der Waals surface area contributed by atoms with Crippen LogP contribution in [0.1, 0.15) is 18.7 Å². The van der Waals surface area contributed by atoms with Gasteiger partial charge in [0.1, 0.15) is 0 Å². The molecule has 0 amide bonds. The first-order valence-electron chi connectivity index (χ1n) is 4.97. The van der Waals surface area contributed by atoms with E-state index < -0.39 is 10.0 Å². The Hall–Kier alpha value is -1.06. The number of ether oxygens (including phenoxy) is 1. The molecule has 1 fully saturated rings. The smallest absolute Gasteiger partial charge is 0.215 e. The lowest BCUT2D eigenvalue weighted by molar-refractivity contribution is 0.0981. The van der Waals surface area contributed by atoms with Crippen molar-refractivity contribution in [3.8, 4) is 0 Å². The number of hydrogen-bond donors (Lipinski definition) is 2. The van der Waals surface area contributed by atoms with Crippen molar-refractivity contribution in [1.82, 2.24) is 25.3 Å². The average Bonchev–Trinajstić information content (AvgIpc) is 2.81. The van der Waals surface area contributed by atoms with Crippen LogP contribution in [0, 0.1) is 0 Å². The summed E-state index contributed by atoms with van der Waals surface area (Å²) in [5.74, 6) is 0.329. The zero-order valence-electron chi connectivity index (χ0n) is 8.59. The second-order valence-corrected chi connectivity index (χ2v) is 5.55. The molecule has 1 aliphatic heterocycles. The Kier molecular flexibility index (Phi) is 3.46. The van der Waals surface area contributed by atoms with Gasteiger partial charge < -0.3 is 4.74 Å². The van der Waals surface area contributed by atoms with Crippen molar-refractivity contribution in [3.05, 3.63) is 5.82 Å². The van der Waals surface area contributed by atoms with Gasteiger partial charge in [-0.25, -0.2) is 13.1 Å². The maximum Gasteiger partial charge on any atom is 0.215 e. The van der Waals surface area contributed by atoms with E-state index in [0.717, 1.165) is 0 Å². The third-order valence-corrected chi connectivity index (χ3v) is 4.32. The minimum absolute atomic E-state index is 0.0657. The van der Waals surface area contributed by atoms with E-state index in [2.05, 4.69) is 25.3 Å². The van der Waals surface area contributed by atoms with Gasteiger partial charge in [-0.2, -0.15) is 5.21 Å². The van der Waals surface area contributed by atoms with Gasteiger partial charge >= 0.3 is 0 Å². The van der Waals surface area contributed by atoms with Gasteiger partial charge in [0.05, 0.1) is 11.8 Å². The van der Waals surface area contributed by atoms with Gasteiger partial charge in [0.25, 0.3) is 0 Å². The number of rotatable bonds is 4. The van der Waals surface area contributed by atoms with Gasteiger partial charge in [0.2, 0.25) is 10.0 Å². The summed E-state index contributed by atoms with van der Waals surface area (Å²) >= 11 is 0. The van der Waals surface area contributed by atoms with Crippen LogP contribution < -0.4 is 4.72 Å². The van der Waals surface area contributed by atoms with Crippen LogP contribution in [0.3, 0.4) is 0 Å². The molecular weight excluding hydrogens is 234 g/mol. The Morgan fingerprint density at radius 3 is 2.81 bits per heavy atom. The van der Waals surface area contributed by atoms with E-state index in [1.807, 2.05) is 0 Å². The molecule has 0 spiro atoms. The molecular formula is C7H13N5O3S. The van der Waals surface area contributed by atoms with Crippen LogP contribution in [0.15, 0.2) is 0 Å². The fourth-order valence-corrected chi connectivity index (χ4v) is 2.91. The molecule has 0 bridgehead atoms. The highest BCUT2D eigenvalue weighted by atomic mass is 32.2. The number of nitrogens with zero attached hydrogens (tertiary/aromatic N) is 3. The molecule has 1 aromatic heterocycles. The van der Waals surface area contributed by atoms with E-state index in [4.69, 9.17) is 4.74 Å². The summed E-state index contributed by atoms with van der Waals surface area (Å²) in [7, 11) is -3.31. The summed E-state index contributed by atoms with van der Waals surface area (Å²) in [6, 6.07) is 0. The Morgan fingerprint density at radius 2 is 2.19 bits per heavy atom. The first-order valence-corrected chi connectivity index (χ1v) is 6.51. The van der Waals surface area contributed by atoms with Crippen molar-refractivity contribution >= 4 is 10.0 Å². The summed E-state index contributed by atoms with van der Waals surface area (Å²) in [4.78, 5) is 0. The van der Waals surface area contributed by atoms with Crippen molar-refractivity contribution in [1.29, 1.82) is 0 Å². The molecule has 90 valence electrons. The predicted octanol–water partition coefficient (Wildman–Crippen LogP) is -1.20. The molecule has 1 aliphatic rings. The fourth-order valence-electron chi connectivity index (χ4n) is 1.53. The number of aromatic amines is 1. The first-order chi connectivity index (χ1) is 7.68. The van der Waals surface area contributed by atoms with E-state index in [0.29, 0.717) is 31.9 Å². The van der Waals surface area contributed by atoms with Crippen LogP contribution in [0.4, 0.5) is 0 Å². The lowest BCUT2D eigenvalue weighted by Crippen LogP contribution is -2.37. The molecule has 16 heavy (non-hydrogen) atoms. The summed E-state index contributed by atoms with van der Waals surface area (Å²) in [5, 5.41) is 12.6. The van der Waals surface area contributed by atoms with Gasteiger partial charge in [-0.15, -0.1) is 10.2 Å². The molecule has 8 nitrogen and oxygen atoms in total. The van der Waals surface area contributed by atoms with Crippen molar-refractivity contribution in [2.45, 2.75) is 24.6 Å². The Bertz CT molecular complexity index is 411. The number of nitrogens with one attached hydrogen (secondary N) is 2. The topological polar surface area (TPSA) is 110 Å². The van der Waals surface area contributed by atoms with E-state index in [1.165, 1.54) is 0 Å². The molecule has 1 saturated heterocycles. The molecule has 0 radical (unpaired) electrons. The number of hydrogen-bond acceptors (Lipinski definition) is 6. The van der Waals surface area contributed by atoms with Crippen LogP contribution in [-0.4, -0.2) is 47.5 Å². The van der Waals surface area contributed by atoms with E-state index >= 15 is 0 Å². The third-order valence-electron chi connectivity index (χ3n) is 2.43. The van der Waals surface area contributed by atoms with E-state index in [9.17, 15) is 8.42 Å². The fraction of sp³-hybridized carbons (Fsp3) is 0.857. The quantitative estimate of drug-likeness (QED) is 0.691. The van der Waals surface area contributed by atoms with Gasteiger partial charge in [-0.3, -0.25) is 0 Å². The van der Waals surface area contributed by atoms with Crippen molar-refractivity contribution < 1.29 is 13.2 Å².